The van der Waals surface area contributed by atoms with Gasteiger partial charge in [0.1, 0.15) is 5.82 Å². The van der Waals surface area contributed by atoms with Crippen molar-refractivity contribution in [1.29, 1.82) is 0 Å². The second-order valence-electron chi connectivity index (χ2n) is 4.97. The third-order valence-corrected chi connectivity index (χ3v) is 3.56. The van der Waals surface area contributed by atoms with Crippen LogP contribution in [0.2, 0.25) is 5.02 Å². The van der Waals surface area contributed by atoms with Crippen molar-refractivity contribution in [3.05, 3.63) is 64.7 Å². The minimum atomic E-state index is -0.744. The molecule has 0 radical (unpaired) electrons. The Morgan fingerprint density at radius 1 is 1.22 bits per heavy atom. The Balaban J connectivity index is 2.25. The quantitative estimate of drug-likeness (QED) is 0.801. The first kappa shape index (κ1) is 15.2. The molecule has 3 rings (SSSR count). The first-order valence-electron chi connectivity index (χ1n) is 6.75. The molecule has 1 aromatic heterocycles. The van der Waals surface area contributed by atoms with Gasteiger partial charge in [0.2, 0.25) is 5.82 Å². The van der Waals surface area contributed by atoms with Crippen molar-refractivity contribution in [3.63, 3.8) is 0 Å². The first-order chi connectivity index (χ1) is 11.0. The largest absolute Gasteiger partial charge is 0.363 e. The van der Waals surface area contributed by atoms with Crippen LogP contribution in [-0.4, -0.2) is 20.7 Å². The van der Waals surface area contributed by atoms with Gasteiger partial charge >= 0.3 is 0 Å². The fraction of sp³-hybridized carbons (Fsp3) is 0.0625. The highest BCUT2D eigenvalue weighted by Gasteiger charge is 2.18. The van der Waals surface area contributed by atoms with E-state index in [9.17, 15) is 9.18 Å². The van der Waals surface area contributed by atoms with Crippen molar-refractivity contribution in [2.75, 3.05) is 0 Å². The molecule has 116 valence electrons. The van der Waals surface area contributed by atoms with E-state index in [4.69, 9.17) is 17.3 Å². The summed E-state index contributed by atoms with van der Waals surface area (Å²) in [6.07, 6.45) is 0. The van der Waals surface area contributed by atoms with Gasteiger partial charge in [-0.15, -0.1) is 5.10 Å². The molecule has 5 nitrogen and oxygen atoms in total. The van der Waals surface area contributed by atoms with Crippen LogP contribution in [0.1, 0.15) is 16.2 Å². The lowest BCUT2D eigenvalue weighted by atomic mass is 10.1. The molecule has 0 saturated carbocycles. The molecule has 1 amide bonds. The van der Waals surface area contributed by atoms with E-state index in [0.29, 0.717) is 22.1 Å². The number of nitrogens with zero attached hydrogens (tertiary/aromatic N) is 3. The van der Waals surface area contributed by atoms with E-state index < -0.39 is 5.91 Å². The van der Waals surface area contributed by atoms with Crippen LogP contribution in [0.25, 0.3) is 17.1 Å². The number of rotatable bonds is 3. The number of carbonyl (C=O) groups is 1. The number of hydrogen-bond acceptors (Lipinski definition) is 3. The van der Waals surface area contributed by atoms with Gasteiger partial charge in [-0.2, -0.15) is 0 Å². The molecule has 0 aliphatic heterocycles. The van der Waals surface area contributed by atoms with Crippen LogP contribution in [0.4, 0.5) is 4.39 Å². The van der Waals surface area contributed by atoms with Crippen LogP contribution in [-0.2, 0) is 0 Å². The SMILES string of the molecule is Cc1ccc(Cl)cc1-n1nc(C(N)=O)nc1-c1ccc(F)cc1. The van der Waals surface area contributed by atoms with E-state index >= 15 is 0 Å². The number of benzene rings is 2. The lowest BCUT2D eigenvalue weighted by molar-refractivity contribution is 0.0990. The summed E-state index contributed by atoms with van der Waals surface area (Å²) in [6.45, 7) is 1.88. The average Bonchev–Trinajstić information content (AvgIpc) is 2.96. The highest BCUT2D eigenvalue weighted by molar-refractivity contribution is 6.30. The molecule has 1 heterocycles. The zero-order valence-corrected chi connectivity index (χ0v) is 12.9. The molecule has 0 aliphatic carbocycles. The highest BCUT2D eigenvalue weighted by Crippen LogP contribution is 2.25. The molecule has 2 N–H and O–H groups in total. The maximum atomic E-state index is 13.1. The molecule has 0 fully saturated rings. The summed E-state index contributed by atoms with van der Waals surface area (Å²) >= 11 is 6.05. The molecule has 0 atom stereocenters. The number of halogens is 2. The predicted octanol–water partition coefficient (Wildman–Crippen LogP) is 3.13. The second kappa shape index (κ2) is 5.81. The van der Waals surface area contributed by atoms with Gasteiger partial charge in [-0.1, -0.05) is 17.7 Å². The Bertz CT molecular complexity index is 890. The lowest BCUT2D eigenvalue weighted by Crippen LogP contribution is -2.13. The Morgan fingerprint density at radius 3 is 2.57 bits per heavy atom. The molecule has 7 heteroatoms. The molecule has 0 spiro atoms. The smallest absolute Gasteiger partial charge is 0.288 e. The minimum absolute atomic E-state index is 0.122. The standard InChI is InChI=1S/C16H12ClFN4O/c1-9-2-5-11(17)8-13(9)22-16(20-15(21-22)14(19)23)10-3-6-12(18)7-4-10/h2-8H,1H3,(H2,19,23). The van der Waals surface area contributed by atoms with E-state index in [1.165, 1.54) is 16.8 Å². The molecule has 23 heavy (non-hydrogen) atoms. The molecule has 0 unspecified atom stereocenters. The molecular formula is C16H12ClFN4O. The van der Waals surface area contributed by atoms with E-state index in [2.05, 4.69) is 10.1 Å². The zero-order valence-electron chi connectivity index (χ0n) is 12.1. The first-order valence-corrected chi connectivity index (χ1v) is 7.13. The van der Waals surface area contributed by atoms with Gasteiger partial charge in [-0.05, 0) is 48.9 Å². The van der Waals surface area contributed by atoms with Crippen LogP contribution in [0.5, 0.6) is 0 Å². The third-order valence-electron chi connectivity index (χ3n) is 3.33. The normalized spacial score (nSPS) is 10.7. The Hall–Kier alpha value is -2.73. The lowest BCUT2D eigenvalue weighted by Gasteiger charge is -2.09. The van der Waals surface area contributed by atoms with Gasteiger partial charge < -0.3 is 5.73 Å². The van der Waals surface area contributed by atoms with Crippen molar-refractivity contribution < 1.29 is 9.18 Å². The van der Waals surface area contributed by atoms with Crippen molar-refractivity contribution >= 4 is 17.5 Å². The summed E-state index contributed by atoms with van der Waals surface area (Å²) in [4.78, 5) is 15.6. The predicted molar refractivity (Wildman–Crippen MR) is 85.0 cm³/mol. The summed E-state index contributed by atoms with van der Waals surface area (Å²) in [5.74, 6) is -0.853. The van der Waals surface area contributed by atoms with Gasteiger partial charge in [-0.25, -0.2) is 14.1 Å². The van der Waals surface area contributed by atoms with Crippen molar-refractivity contribution in [2.24, 2.45) is 5.73 Å². The minimum Gasteiger partial charge on any atom is -0.363 e. The zero-order chi connectivity index (χ0) is 16.6. The number of nitrogens with two attached hydrogens (primary N) is 1. The number of aryl methyl sites for hydroxylation is 1. The van der Waals surface area contributed by atoms with Gasteiger partial charge in [0.25, 0.3) is 5.91 Å². The molecule has 0 aliphatic rings. The van der Waals surface area contributed by atoms with Crippen molar-refractivity contribution in [2.45, 2.75) is 6.92 Å². The Morgan fingerprint density at radius 2 is 1.91 bits per heavy atom. The van der Waals surface area contributed by atoms with E-state index in [-0.39, 0.29) is 11.6 Å². The fourth-order valence-electron chi connectivity index (χ4n) is 2.18. The molecule has 2 aromatic carbocycles. The van der Waals surface area contributed by atoms with Crippen LogP contribution in [0, 0.1) is 12.7 Å². The third kappa shape index (κ3) is 2.93. The average molecular weight is 331 g/mol. The van der Waals surface area contributed by atoms with Crippen LogP contribution in [0.15, 0.2) is 42.5 Å². The summed E-state index contributed by atoms with van der Waals surface area (Å²) < 4.78 is 14.6. The van der Waals surface area contributed by atoms with Crippen LogP contribution >= 0.6 is 11.6 Å². The number of primary amides is 1. The molecular weight excluding hydrogens is 319 g/mol. The van der Waals surface area contributed by atoms with E-state index in [0.717, 1.165) is 5.56 Å². The van der Waals surface area contributed by atoms with Crippen LogP contribution < -0.4 is 5.73 Å². The van der Waals surface area contributed by atoms with E-state index in [1.807, 2.05) is 13.0 Å². The Kier molecular flexibility index (Phi) is 3.83. The number of aromatic nitrogens is 3. The number of hydrogen-bond donors (Lipinski definition) is 1. The van der Waals surface area contributed by atoms with Gasteiger partial charge in [-0.3, -0.25) is 4.79 Å². The second-order valence-corrected chi connectivity index (χ2v) is 5.41. The molecule has 0 bridgehead atoms. The topological polar surface area (TPSA) is 73.8 Å². The van der Waals surface area contributed by atoms with Gasteiger partial charge in [0.15, 0.2) is 5.82 Å². The van der Waals surface area contributed by atoms with E-state index in [1.54, 1.807) is 24.3 Å². The fourth-order valence-corrected chi connectivity index (χ4v) is 2.35. The van der Waals surface area contributed by atoms with Crippen molar-refractivity contribution in [3.8, 4) is 17.1 Å². The molecule has 0 saturated heterocycles. The van der Waals surface area contributed by atoms with Gasteiger partial charge in [0.05, 0.1) is 5.69 Å². The maximum Gasteiger partial charge on any atom is 0.288 e. The summed E-state index contributed by atoms with van der Waals surface area (Å²) in [5.41, 5.74) is 7.43. The summed E-state index contributed by atoms with van der Waals surface area (Å²) in [7, 11) is 0. The number of carbonyl (C=O) groups excluding carboxylic acids is 1. The monoisotopic (exact) mass is 330 g/mol. The highest BCUT2D eigenvalue weighted by atomic mass is 35.5. The van der Waals surface area contributed by atoms with Crippen LogP contribution in [0.3, 0.4) is 0 Å². The Labute approximate surface area is 136 Å². The summed E-state index contributed by atoms with van der Waals surface area (Å²) in [6, 6.07) is 11.0. The van der Waals surface area contributed by atoms with Crippen molar-refractivity contribution in [1.82, 2.24) is 14.8 Å². The molecule has 3 aromatic rings. The summed E-state index contributed by atoms with van der Waals surface area (Å²) in [5, 5.41) is 4.68. The van der Waals surface area contributed by atoms with Gasteiger partial charge in [0, 0.05) is 10.6 Å². The number of amides is 1. The maximum absolute atomic E-state index is 13.1.